The Morgan fingerprint density at radius 2 is 1.48 bits per heavy atom. The Morgan fingerprint density at radius 3 is 1.90 bits per heavy atom. The number of nitrogens with zero attached hydrogens (tertiary/aromatic N) is 4. The molecule has 0 radical (unpaired) electrons. The number of carbonyl (C=O) groups excluding carboxylic acids is 1. The first kappa shape index (κ1) is 25.2. The van der Waals surface area contributed by atoms with Crippen LogP contribution in [0.3, 0.4) is 0 Å². The van der Waals surface area contributed by atoms with Gasteiger partial charge in [0.2, 0.25) is 0 Å². The number of rotatable bonds is 7. The molecule has 0 saturated carbocycles. The van der Waals surface area contributed by atoms with Crippen molar-refractivity contribution in [3.8, 4) is 0 Å². The monoisotopic (exact) mass is 430 g/mol. The van der Waals surface area contributed by atoms with Crippen molar-refractivity contribution in [1.29, 1.82) is 0 Å². The molecular formula is C25H42N4O2. The summed E-state index contributed by atoms with van der Waals surface area (Å²) in [6, 6.07) is 3.98. The highest BCUT2D eigenvalue weighted by molar-refractivity contribution is 5.77. The zero-order chi connectivity index (χ0) is 23.8. The normalized spacial score (nSPS) is 15.6. The van der Waals surface area contributed by atoms with Gasteiger partial charge in [0, 0.05) is 11.4 Å². The fraction of sp³-hybridized carbons (Fsp3) is 0.720. The molecule has 31 heavy (non-hydrogen) atoms. The molecule has 0 aliphatic rings. The van der Waals surface area contributed by atoms with Gasteiger partial charge in [-0.25, -0.2) is 0 Å². The van der Waals surface area contributed by atoms with Crippen LogP contribution in [0.5, 0.6) is 0 Å². The summed E-state index contributed by atoms with van der Waals surface area (Å²) in [6.45, 7) is 23.8. The van der Waals surface area contributed by atoms with E-state index >= 15 is 0 Å². The minimum atomic E-state index is -0.594. The van der Waals surface area contributed by atoms with Gasteiger partial charge in [-0.2, -0.15) is 10.2 Å². The van der Waals surface area contributed by atoms with Crippen molar-refractivity contribution < 1.29 is 9.53 Å². The smallest absolute Gasteiger partial charge is 0.312 e. The van der Waals surface area contributed by atoms with E-state index in [2.05, 4.69) is 63.9 Å². The highest BCUT2D eigenvalue weighted by atomic mass is 16.5. The molecule has 0 amide bonds. The predicted octanol–water partition coefficient (Wildman–Crippen LogP) is 5.59. The van der Waals surface area contributed by atoms with E-state index in [1.807, 2.05) is 44.0 Å². The van der Waals surface area contributed by atoms with Crippen LogP contribution in [0.25, 0.3) is 0 Å². The summed E-state index contributed by atoms with van der Waals surface area (Å²) >= 11 is 0. The topological polar surface area (TPSA) is 61.9 Å². The highest BCUT2D eigenvalue weighted by Gasteiger charge is 2.47. The lowest BCUT2D eigenvalue weighted by Gasteiger charge is -2.43. The van der Waals surface area contributed by atoms with Crippen molar-refractivity contribution in [3.05, 3.63) is 34.9 Å². The molecule has 0 saturated heterocycles. The maximum absolute atomic E-state index is 13.5. The molecule has 2 unspecified atom stereocenters. The molecule has 2 aromatic rings. The molecule has 174 valence electrons. The average molecular weight is 431 g/mol. The highest BCUT2D eigenvalue weighted by Crippen LogP contribution is 2.47. The van der Waals surface area contributed by atoms with Crippen LogP contribution in [0.4, 0.5) is 0 Å². The third-order valence-corrected chi connectivity index (χ3v) is 6.27. The molecule has 0 bridgehead atoms. The maximum atomic E-state index is 13.5. The van der Waals surface area contributed by atoms with Crippen LogP contribution in [-0.4, -0.2) is 32.1 Å². The summed E-state index contributed by atoms with van der Waals surface area (Å²) in [7, 11) is 0. The van der Waals surface area contributed by atoms with Crippen LogP contribution in [0.15, 0.2) is 12.1 Å². The summed E-state index contributed by atoms with van der Waals surface area (Å²) in [5.41, 5.74) is 3.27. The van der Waals surface area contributed by atoms with Crippen LogP contribution in [0, 0.1) is 43.9 Å². The van der Waals surface area contributed by atoms with Gasteiger partial charge in [0.1, 0.15) is 12.6 Å². The largest absolute Gasteiger partial charge is 0.463 e. The van der Waals surface area contributed by atoms with E-state index in [4.69, 9.17) is 4.74 Å². The van der Waals surface area contributed by atoms with Crippen LogP contribution in [0.2, 0.25) is 0 Å². The molecule has 0 aliphatic carbocycles. The molecule has 2 aromatic heterocycles. The Bertz CT molecular complexity index is 911. The number of hydrogen-bond acceptors (Lipinski definition) is 4. The second-order valence-electron chi connectivity index (χ2n) is 11.6. The molecule has 2 heterocycles. The van der Waals surface area contributed by atoms with Crippen molar-refractivity contribution in [3.63, 3.8) is 0 Å². The second-order valence-corrected chi connectivity index (χ2v) is 11.6. The Labute approximate surface area is 188 Å². The molecule has 0 fully saturated rings. The van der Waals surface area contributed by atoms with Gasteiger partial charge in [-0.15, -0.1) is 0 Å². The standard InChI is InChI=1S/C25H42N4O2/c1-17-12-19(3)28(26-17)14-21(29-20(4)13-18(2)27-29)15-31-22(30)25(11,24(8,9)10)16-23(5,6)7/h12-13,21H,14-16H2,1-11H3. The minimum Gasteiger partial charge on any atom is -0.463 e. The lowest BCUT2D eigenvalue weighted by molar-refractivity contribution is -0.166. The molecule has 6 heteroatoms. The number of aryl methyl sites for hydroxylation is 4. The molecule has 2 atom stereocenters. The summed E-state index contributed by atoms with van der Waals surface area (Å²) in [5.74, 6) is -0.144. The van der Waals surface area contributed by atoms with Crippen LogP contribution < -0.4 is 0 Å². The number of ether oxygens (including phenoxy) is 1. The van der Waals surface area contributed by atoms with Crippen LogP contribution in [-0.2, 0) is 16.1 Å². The summed E-state index contributed by atoms with van der Waals surface area (Å²) < 4.78 is 9.98. The number of esters is 1. The molecular weight excluding hydrogens is 388 g/mol. The molecule has 0 aromatic carbocycles. The van der Waals surface area contributed by atoms with Crippen molar-refractivity contribution in [2.75, 3.05) is 6.61 Å². The van der Waals surface area contributed by atoms with Crippen molar-refractivity contribution >= 4 is 5.97 Å². The van der Waals surface area contributed by atoms with Gasteiger partial charge in [0.05, 0.1) is 23.3 Å². The second kappa shape index (κ2) is 8.79. The van der Waals surface area contributed by atoms with Crippen molar-refractivity contribution in [2.45, 2.75) is 95.2 Å². The molecule has 6 nitrogen and oxygen atoms in total. The van der Waals surface area contributed by atoms with Gasteiger partial charge in [-0.3, -0.25) is 14.2 Å². The van der Waals surface area contributed by atoms with Crippen LogP contribution >= 0.6 is 0 Å². The zero-order valence-corrected chi connectivity index (χ0v) is 21.5. The Morgan fingerprint density at radius 1 is 0.935 bits per heavy atom. The third kappa shape index (κ3) is 5.98. The quantitative estimate of drug-likeness (QED) is 0.538. The van der Waals surface area contributed by atoms with E-state index in [9.17, 15) is 4.79 Å². The van der Waals surface area contributed by atoms with Gasteiger partial charge in [0.25, 0.3) is 0 Å². The van der Waals surface area contributed by atoms with Gasteiger partial charge in [-0.05, 0) is 64.0 Å². The fourth-order valence-electron chi connectivity index (χ4n) is 4.31. The lowest BCUT2D eigenvalue weighted by Crippen LogP contribution is -2.45. The van der Waals surface area contributed by atoms with Gasteiger partial charge < -0.3 is 4.74 Å². The summed E-state index contributed by atoms with van der Waals surface area (Å²) in [5, 5.41) is 9.29. The first-order chi connectivity index (χ1) is 14.0. The lowest BCUT2D eigenvalue weighted by atomic mass is 9.61. The van der Waals surface area contributed by atoms with E-state index < -0.39 is 5.41 Å². The summed E-state index contributed by atoms with van der Waals surface area (Å²) in [4.78, 5) is 13.5. The Kier molecular flexibility index (Phi) is 7.13. The predicted molar refractivity (Wildman–Crippen MR) is 125 cm³/mol. The zero-order valence-electron chi connectivity index (χ0n) is 21.5. The number of aromatic nitrogens is 4. The number of hydrogen-bond donors (Lipinski definition) is 0. The van der Waals surface area contributed by atoms with Gasteiger partial charge in [0.15, 0.2) is 0 Å². The van der Waals surface area contributed by atoms with E-state index in [-0.39, 0.29) is 29.4 Å². The third-order valence-electron chi connectivity index (χ3n) is 6.27. The first-order valence-corrected chi connectivity index (χ1v) is 11.2. The van der Waals surface area contributed by atoms with Gasteiger partial charge in [-0.1, -0.05) is 41.5 Å². The Hall–Kier alpha value is -2.11. The van der Waals surface area contributed by atoms with E-state index in [0.717, 1.165) is 29.2 Å². The average Bonchev–Trinajstić information content (AvgIpc) is 3.08. The maximum Gasteiger partial charge on any atom is 0.312 e. The molecule has 0 aliphatic heterocycles. The van der Waals surface area contributed by atoms with Crippen LogP contribution in [0.1, 0.15) is 83.7 Å². The Balaban J connectivity index is 2.30. The minimum absolute atomic E-state index is 0.0137. The van der Waals surface area contributed by atoms with E-state index in [1.54, 1.807) is 0 Å². The van der Waals surface area contributed by atoms with Crippen molar-refractivity contribution in [1.82, 2.24) is 19.6 Å². The number of carbonyl (C=O) groups is 1. The summed E-state index contributed by atoms with van der Waals surface area (Å²) in [6.07, 6.45) is 0.754. The van der Waals surface area contributed by atoms with E-state index in [1.165, 1.54) is 0 Å². The first-order valence-electron chi connectivity index (χ1n) is 11.2. The molecule has 0 N–H and O–H groups in total. The van der Waals surface area contributed by atoms with E-state index in [0.29, 0.717) is 6.54 Å². The fourth-order valence-corrected chi connectivity index (χ4v) is 4.31. The molecule has 0 spiro atoms. The SMILES string of the molecule is Cc1cc(C)n(CC(COC(=O)C(C)(CC(C)(C)C)C(C)(C)C)n2nc(C)cc2C)n1. The van der Waals surface area contributed by atoms with Gasteiger partial charge >= 0.3 is 5.97 Å². The molecule has 2 rings (SSSR count). The van der Waals surface area contributed by atoms with Crippen molar-refractivity contribution in [2.24, 2.45) is 16.2 Å².